The predicted molar refractivity (Wildman–Crippen MR) is 186 cm³/mol. The van der Waals surface area contributed by atoms with Crippen LogP contribution in [0, 0.1) is 27.7 Å². The van der Waals surface area contributed by atoms with Gasteiger partial charge >= 0.3 is 5.97 Å². The number of pyridine rings is 1. The molecule has 0 aliphatic carbocycles. The molecule has 1 amide bonds. The molecule has 0 saturated carbocycles. The van der Waals surface area contributed by atoms with Gasteiger partial charge in [-0.25, -0.2) is 9.78 Å². The van der Waals surface area contributed by atoms with Crippen molar-refractivity contribution in [2.75, 3.05) is 18.1 Å². The average Bonchev–Trinajstić information content (AvgIpc) is 3.38. The molecule has 3 aromatic heterocycles. The molecule has 0 spiro atoms. The standard InChI is InChI=1S/C35H34Cl3N5O4/c1-18-14-23(15-19(2)31(18)38)47-13-6-8-24-25-9-10-26(36)30(29-20(3)40-41(5)21(29)4)32(25)43-12-7-11-42(34(44)33(24)43)28-17-22(35(45)46)16-27(37)39-28/h9-10,14-17H,6-8,11-13H2,1-5H3,(H,45,46). The largest absolute Gasteiger partial charge is 0.494 e. The van der Waals surface area contributed by atoms with Gasteiger partial charge < -0.3 is 14.4 Å². The average molecular weight is 695 g/mol. The van der Waals surface area contributed by atoms with E-state index in [0.717, 1.165) is 60.9 Å². The Hall–Kier alpha value is -4.05. The van der Waals surface area contributed by atoms with Crippen LogP contribution in [0.2, 0.25) is 15.2 Å². The Morgan fingerprint density at radius 3 is 2.38 bits per heavy atom. The zero-order valence-electron chi connectivity index (χ0n) is 26.7. The molecule has 6 rings (SSSR count). The molecule has 12 heteroatoms. The highest BCUT2D eigenvalue weighted by Crippen LogP contribution is 2.43. The highest BCUT2D eigenvalue weighted by atomic mass is 35.5. The smallest absolute Gasteiger partial charge is 0.335 e. The number of carbonyl (C=O) groups excluding carboxylic acids is 1. The molecule has 4 heterocycles. The van der Waals surface area contributed by atoms with Gasteiger partial charge in [-0.05, 0) is 94.0 Å². The van der Waals surface area contributed by atoms with Crippen molar-refractivity contribution in [3.05, 3.63) is 90.9 Å². The zero-order valence-corrected chi connectivity index (χ0v) is 29.0. The van der Waals surface area contributed by atoms with Crippen molar-refractivity contribution in [1.82, 2.24) is 19.3 Å². The first-order valence-electron chi connectivity index (χ1n) is 15.3. The van der Waals surface area contributed by atoms with Gasteiger partial charge in [0.25, 0.3) is 5.91 Å². The van der Waals surface area contributed by atoms with E-state index in [1.807, 2.05) is 63.7 Å². The van der Waals surface area contributed by atoms with Crippen LogP contribution in [0.4, 0.5) is 5.82 Å². The van der Waals surface area contributed by atoms with E-state index in [-0.39, 0.29) is 22.4 Å². The van der Waals surface area contributed by atoms with Crippen molar-refractivity contribution in [2.45, 2.75) is 53.5 Å². The van der Waals surface area contributed by atoms with Gasteiger partial charge in [0, 0.05) is 47.4 Å². The minimum atomic E-state index is -1.15. The molecule has 2 aromatic carbocycles. The number of halogens is 3. The number of hydrogen-bond donors (Lipinski definition) is 1. The fraction of sp³-hybridized carbons (Fsp3) is 0.314. The number of amides is 1. The Balaban J connectivity index is 1.48. The van der Waals surface area contributed by atoms with Crippen LogP contribution in [0.15, 0.2) is 36.4 Å². The van der Waals surface area contributed by atoms with Gasteiger partial charge in [0.1, 0.15) is 22.4 Å². The Kier molecular flexibility index (Phi) is 9.00. The molecule has 5 aromatic rings. The van der Waals surface area contributed by atoms with Gasteiger partial charge in [-0.1, -0.05) is 40.9 Å². The summed E-state index contributed by atoms with van der Waals surface area (Å²) >= 11 is 19.6. The normalized spacial score (nSPS) is 13.3. The summed E-state index contributed by atoms with van der Waals surface area (Å²) < 4.78 is 10.0. The lowest BCUT2D eigenvalue weighted by molar-refractivity contribution is 0.0696. The molecular formula is C35H34Cl3N5O4. The number of aromatic carboxylic acids is 1. The lowest BCUT2D eigenvalue weighted by atomic mass is 9.98. The SMILES string of the molecule is Cc1cc(OCCCc2c3n(c4c(-c5c(C)nn(C)c5C)c(Cl)ccc24)CCCN(c2cc(C(=O)O)cc(Cl)n2)C3=O)cc(C)c1Cl. The number of nitrogens with zero attached hydrogens (tertiary/aromatic N) is 5. The van der Waals surface area contributed by atoms with Crippen LogP contribution in [-0.2, 0) is 20.0 Å². The number of benzene rings is 2. The van der Waals surface area contributed by atoms with Crippen LogP contribution >= 0.6 is 34.8 Å². The molecule has 0 unspecified atom stereocenters. The number of carboxylic acid groups (broad SMARTS) is 1. The number of rotatable bonds is 8. The van der Waals surface area contributed by atoms with Crippen molar-refractivity contribution >= 4 is 63.4 Å². The predicted octanol–water partition coefficient (Wildman–Crippen LogP) is 8.39. The number of aromatic nitrogens is 4. The minimum Gasteiger partial charge on any atom is -0.494 e. The fourth-order valence-corrected chi connectivity index (χ4v) is 7.16. The quantitative estimate of drug-likeness (QED) is 0.129. The van der Waals surface area contributed by atoms with E-state index >= 15 is 0 Å². The topological polar surface area (TPSA) is 102 Å². The number of anilines is 1. The highest BCUT2D eigenvalue weighted by Gasteiger charge is 2.33. The van der Waals surface area contributed by atoms with Gasteiger partial charge in [0.2, 0.25) is 0 Å². The van der Waals surface area contributed by atoms with Crippen molar-refractivity contribution in [3.63, 3.8) is 0 Å². The molecule has 1 N–H and O–H groups in total. The van der Waals surface area contributed by atoms with Gasteiger partial charge in [-0.3, -0.25) is 14.4 Å². The Bertz CT molecular complexity index is 2060. The molecule has 9 nitrogen and oxygen atoms in total. The van der Waals surface area contributed by atoms with E-state index in [4.69, 9.17) is 39.5 Å². The minimum absolute atomic E-state index is 0.000804. The second kappa shape index (κ2) is 12.9. The molecular weight excluding hydrogens is 661 g/mol. The Morgan fingerprint density at radius 2 is 1.72 bits per heavy atom. The molecule has 1 aliphatic rings. The lowest BCUT2D eigenvalue weighted by Gasteiger charge is -2.20. The number of carboxylic acids is 1. The van der Waals surface area contributed by atoms with Crippen molar-refractivity contribution in [3.8, 4) is 16.9 Å². The molecule has 0 atom stereocenters. The van der Waals surface area contributed by atoms with E-state index in [1.165, 1.54) is 17.0 Å². The van der Waals surface area contributed by atoms with E-state index in [2.05, 4.69) is 14.6 Å². The third-order valence-electron chi connectivity index (χ3n) is 8.80. The number of aryl methyl sites for hydroxylation is 6. The number of hydrogen-bond acceptors (Lipinski definition) is 5. The molecule has 0 fully saturated rings. The fourth-order valence-electron chi connectivity index (χ4n) is 6.60. The van der Waals surface area contributed by atoms with E-state index in [1.54, 1.807) is 0 Å². The summed E-state index contributed by atoms with van der Waals surface area (Å²) in [6.07, 6.45) is 1.76. The Labute approximate surface area is 287 Å². The van der Waals surface area contributed by atoms with Gasteiger partial charge in [0.05, 0.1) is 28.4 Å². The molecule has 0 radical (unpaired) electrons. The molecule has 244 valence electrons. The third-order valence-corrected chi connectivity index (χ3v) is 9.91. The lowest BCUT2D eigenvalue weighted by Crippen LogP contribution is -2.32. The maximum atomic E-state index is 14.6. The van der Waals surface area contributed by atoms with Crippen LogP contribution in [0.25, 0.3) is 22.0 Å². The van der Waals surface area contributed by atoms with Crippen molar-refractivity contribution in [2.24, 2.45) is 7.05 Å². The summed E-state index contributed by atoms with van der Waals surface area (Å²) in [7, 11) is 1.90. The monoisotopic (exact) mass is 693 g/mol. The summed E-state index contributed by atoms with van der Waals surface area (Å²) in [6, 6.07) is 10.4. The van der Waals surface area contributed by atoms with Crippen molar-refractivity contribution in [1.29, 1.82) is 0 Å². The van der Waals surface area contributed by atoms with E-state index in [0.29, 0.717) is 49.7 Å². The zero-order chi connectivity index (χ0) is 33.7. The first kappa shape index (κ1) is 32.9. The van der Waals surface area contributed by atoms with Gasteiger partial charge in [-0.15, -0.1) is 0 Å². The molecule has 0 saturated heterocycles. The van der Waals surface area contributed by atoms with Crippen LogP contribution in [0.5, 0.6) is 5.75 Å². The van der Waals surface area contributed by atoms with Crippen LogP contribution in [0.3, 0.4) is 0 Å². The summed E-state index contributed by atoms with van der Waals surface area (Å²) in [5.41, 5.74) is 7.65. The second-order valence-corrected chi connectivity index (χ2v) is 13.1. The summed E-state index contributed by atoms with van der Waals surface area (Å²) in [6.45, 7) is 9.14. The van der Waals surface area contributed by atoms with E-state index < -0.39 is 5.97 Å². The maximum absolute atomic E-state index is 14.6. The van der Waals surface area contributed by atoms with Crippen LogP contribution in [-0.4, -0.2) is 49.5 Å². The molecule has 1 aliphatic heterocycles. The maximum Gasteiger partial charge on any atom is 0.335 e. The molecule has 0 bridgehead atoms. The Morgan fingerprint density at radius 1 is 1.00 bits per heavy atom. The van der Waals surface area contributed by atoms with Gasteiger partial charge in [0.15, 0.2) is 0 Å². The first-order chi connectivity index (χ1) is 22.4. The van der Waals surface area contributed by atoms with Crippen LogP contribution < -0.4 is 9.64 Å². The summed E-state index contributed by atoms with van der Waals surface area (Å²) in [5.74, 6) is -0.504. The highest BCUT2D eigenvalue weighted by molar-refractivity contribution is 6.35. The van der Waals surface area contributed by atoms with Crippen LogP contribution in [0.1, 0.15) is 61.8 Å². The third kappa shape index (κ3) is 5.96. The second-order valence-electron chi connectivity index (χ2n) is 11.9. The summed E-state index contributed by atoms with van der Waals surface area (Å²) in [5, 5.41) is 16.5. The van der Waals surface area contributed by atoms with Crippen molar-refractivity contribution < 1.29 is 19.4 Å². The first-order valence-corrected chi connectivity index (χ1v) is 16.5. The molecule has 47 heavy (non-hydrogen) atoms. The number of fused-ring (bicyclic) bond motifs is 3. The number of carbonyl (C=O) groups is 2. The van der Waals surface area contributed by atoms with Gasteiger partial charge in [-0.2, -0.15) is 5.10 Å². The number of ether oxygens (including phenoxy) is 1. The van der Waals surface area contributed by atoms with E-state index in [9.17, 15) is 14.7 Å². The summed E-state index contributed by atoms with van der Waals surface area (Å²) in [4.78, 5) is 32.4.